The molecule has 0 spiro atoms. The average molecular weight is 669 g/mol. The van der Waals surface area contributed by atoms with Crippen LogP contribution in [0.4, 0.5) is 21.4 Å². The first-order valence-electron chi connectivity index (χ1n) is 14.1. The number of benzene rings is 2. The summed E-state index contributed by atoms with van der Waals surface area (Å²) in [6, 6.07) is 15.3. The van der Waals surface area contributed by atoms with E-state index < -0.39 is 17.7 Å². The number of hydrogen-bond acceptors (Lipinski definition) is 10. The largest absolute Gasteiger partial charge is 0.496 e. The first kappa shape index (κ1) is 31.0. The molecule has 1 aliphatic heterocycles. The number of hydrogen-bond donors (Lipinski definition) is 3. The number of carbonyl (C=O) groups excluding carboxylic acids is 2. The monoisotopic (exact) mass is 667 g/mol. The Balaban J connectivity index is 1.40. The highest BCUT2D eigenvalue weighted by molar-refractivity contribution is 9.10. The second kappa shape index (κ2) is 13.9. The van der Waals surface area contributed by atoms with E-state index in [1.807, 2.05) is 48.5 Å². The molecule has 1 aliphatic rings. The first-order valence-corrected chi connectivity index (χ1v) is 14.9. The van der Waals surface area contributed by atoms with E-state index in [1.54, 1.807) is 11.8 Å². The van der Waals surface area contributed by atoms with Crippen LogP contribution in [0.5, 0.6) is 5.75 Å². The molecule has 1 fully saturated rings. The van der Waals surface area contributed by atoms with E-state index in [2.05, 4.69) is 53.9 Å². The van der Waals surface area contributed by atoms with Gasteiger partial charge in [-0.2, -0.15) is 10.1 Å². The Morgan fingerprint density at radius 3 is 2.57 bits per heavy atom. The number of rotatable bonds is 12. The van der Waals surface area contributed by atoms with E-state index in [9.17, 15) is 9.59 Å². The summed E-state index contributed by atoms with van der Waals surface area (Å²) in [5.74, 6) is 1.22. The van der Waals surface area contributed by atoms with Gasteiger partial charge in [0.1, 0.15) is 28.9 Å². The van der Waals surface area contributed by atoms with Gasteiger partial charge in [-0.15, -0.1) is 0 Å². The summed E-state index contributed by atoms with van der Waals surface area (Å²) in [5, 5.41) is 13.5. The van der Waals surface area contributed by atoms with Crippen LogP contribution in [0, 0.1) is 0 Å². The van der Waals surface area contributed by atoms with E-state index in [0.29, 0.717) is 53.5 Å². The standard InChI is InChI=1S/C30H34BrN7O6/c1-4-5-13-32-26-24-23(33-27(34-26)35-28(39)42-3)25(31)37-38(24)15-20-11-12-21(14-22(20)41-2)30(17-43-18-30)36-29(40)44-16-19-9-7-6-8-10-19/h6-12,14H,4-5,13,15-18H2,1-3H3,(H,36,40)(H2,32,33,34,35,39). The minimum absolute atomic E-state index is 0.0911. The number of methoxy groups -OCH3 is 2. The van der Waals surface area contributed by atoms with Crippen LogP contribution in [0.3, 0.4) is 0 Å². The average Bonchev–Trinajstić information content (AvgIpc) is 3.33. The van der Waals surface area contributed by atoms with Gasteiger partial charge in [-0.1, -0.05) is 55.8 Å². The first-order chi connectivity index (χ1) is 21.4. The number of fused-ring (bicyclic) bond motifs is 1. The fraction of sp³-hybridized carbons (Fsp3) is 0.367. The molecule has 232 valence electrons. The molecular weight excluding hydrogens is 634 g/mol. The van der Waals surface area contributed by atoms with Gasteiger partial charge in [0.2, 0.25) is 5.95 Å². The predicted octanol–water partition coefficient (Wildman–Crippen LogP) is 5.19. The molecule has 2 aromatic carbocycles. The molecule has 3 N–H and O–H groups in total. The third kappa shape index (κ3) is 6.86. The van der Waals surface area contributed by atoms with E-state index in [-0.39, 0.29) is 12.6 Å². The van der Waals surface area contributed by atoms with Crippen LogP contribution in [0.2, 0.25) is 0 Å². The molecule has 13 nitrogen and oxygen atoms in total. The van der Waals surface area contributed by atoms with Crippen molar-refractivity contribution in [2.45, 2.75) is 38.5 Å². The number of aromatic nitrogens is 4. The Bertz CT molecular complexity index is 1630. The van der Waals surface area contributed by atoms with Crippen molar-refractivity contribution in [2.75, 3.05) is 44.6 Å². The van der Waals surface area contributed by atoms with Gasteiger partial charge >= 0.3 is 12.2 Å². The lowest BCUT2D eigenvalue weighted by Gasteiger charge is -2.42. The van der Waals surface area contributed by atoms with Gasteiger partial charge in [0.05, 0.1) is 34.0 Å². The second-order valence-corrected chi connectivity index (χ2v) is 11.0. The molecule has 0 atom stereocenters. The smallest absolute Gasteiger partial charge is 0.413 e. The molecule has 14 heteroatoms. The number of alkyl carbamates (subject to hydrolysis) is 1. The highest BCUT2D eigenvalue weighted by Crippen LogP contribution is 2.35. The number of nitrogens with zero attached hydrogens (tertiary/aromatic N) is 4. The van der Waals surface area contributed by atoms with Gasteiger partial charge in [-0.25, -0.2) is 14.6 Å². The fourth-order valence-corrected chi connectivity index (χ4v) is 5.24. The van der Waals surface area contributed by atoms with Gasteiger partial charge in [0.25, 0.3) is 0 Å². The van der Waals surface area contributed by atoms with Gasteiger partial charge < -0.3 is 29.6 Å². The van der Waals surface area contributed by atoms with E-state index in [4.69, 9.17) is 18.9 Å². The maximum Gasteiger partial charge on any atom is 0.413 e. The lowest BCUT2D eigenvalue weighted by Crippen LogP contribution is -2.59. The van der Waals surface area contributed by atoms with Crippen molar-refractivity contribution >= 4 is 50.9 Å². The summed E-state index contributed by atoms with van der Waals surface area (Å²) in [6.07, 6.45) is 0.713. The number of nitrogens with one attached hydrogen (secondary N) is 3. The zero-order chi connectivity index (χ0) is 31.1. The van der Waals surface area contributed by atoms with E-state index in [1.165, 1.54) is 7.11 Å². The Morgan fingerprint density at radius 2 is 1.89 bits per heavy atom. The quantitative estimate of drug-likeness (QED) is 0.172. The Kier molecular flexibility index (Phi) is 9.80. The van der Waals surface area contributed by atoms with Gasteiger partial charge in [0, 0.05) is 12.1 Å². The van der Waals surface area contributed by atoms with Crippen molar-refractivity contribution in [3.63, 3.8) is 0 Å². The normalized spacial score (nSPS) is 13.5. The van der Waals surface area contributed by atoms with Crippen molar-refractivity contribution in [1.29, 1.82) is 0 Å². The Morgan fingerprint density at radius 1 is 1.09 bits per heavy atom. The van der Waals surface area contributed by atoms with Crippen molar-refractivity contribution in [3.8, 4) is 5.75 Å². The molecule has 0 saturated carbocycles. The Labute approximate surface area is 262 Å². The minimum Gasteiger partial charge on any atom is -0.496 e. The van der Waals surface area contributed by atoms with Crippen LogP contribution in [0.25, 0.3) is 11.0 Å². The van der Waals surface area contributed by atoms with Gasteiger partial charge in [-0.05, 0) is 39.5 Å². The summed E-state index contributed by atoms with van der Waals surface area (Å²) in [7, 11) is 2.87. The topological polar surface area (TPSA) is 151 Å². The van der Waals surface area contributed by atoms with E-state index in [0.717, 1.165) is 29.5 Å². The number of anilines is 2. The summed E-state index contributed by atoms with van der Waals surface area (Å²) < 4.78 is 23.7. The molecule has 0 bridgehead atoms. The molecular formula is C30H34BrN7O6. The van der Waals surface area contributed by atoms with Crippen LogP contribution >= 0.6 is 15.9 Å². The lowest BCUT2D eigenvalue weighted by atomic mass is 9.87. The van der Waals surface area contributed by atoms with Crippen molar-refractivity contribution < 1.29 is 28.5 Å². The van der Waals surface area contributed by atoms with Crippen LogP contribution in [-0.4, -0.2) is 65.9 Å². The predicted molar refractivity (Wildman–Crippen MR) is 167 cm³/mol. The molecule has 0 aliphatic carbocycles. The second-order valence-electron chi connectivity index (χ2n) is 10.2. The molecule has 2 aromatic heterocycles. The maximum atomic E-state index is 12.7. The van der Waals surface area contributed by atoms with Crippen LogP contribution < -0.4 is 20.7 Å². The summed E-state index contributed by atoms with van der Waals surface area (Å²) >= 11 is 3.51. The van der Waals surface area contributed by atoms with Gasteiger partial charge in [0.15, 0.2) is 10.4 Å². The third-order valence-corrected chi connectivity index (χ3v) is 7.71. The molecule has 3 heterocycles. The van der Waals surface area contributed by atoms with Crippen LogP contribution in [-0.2, 0) is 32.9 Å². The SMILES string of the molecule is CCCCNc1nc(NC(=O)OC)nc2c(Br)nn(Cc3ccc(C4(NC(=O)OCc5ccccc5)COC4)cc3OC)c12. The van der Waals surface area contributed by atoms with E-state index >= 15 is 0 Å². The molecule has 44 heavy (non-hydrogen) atoms. The van der Waals surface area contributed by atoms with Crippen molar-refractivity contribution in [1.82, 2.24) is 25.1 Å². The lowest BCUT2D eigenvalue weighted by molar-refractivity contribution is -0.0763. The number of amides is 2. The zero-order valence-corrected chi connectivity index (χ0v) is 26.3. The molecule has 5 rings (SSSR count). The number of carbonyl (C=O) groups is 2. The molecule has 0 unspecified atom stereocenters. The number of ether oxygens (including phenoxy) is 4. The Hall–Kier alpha value is -4.43. The highest BCUT2D eigenvalue weighted by Gasteiger charge is 2.43. The minimum atomic E-state index is -0.742. The zero-order valence-electron chi connectivity index (χ0n) is 24.7. The highest BCUT2D eigenvalue weighted by atomic mass is 79.9. The van der Waals surface area contributed by atoms with Crippen LogP contribution in [0.1, 0.15) is 36.5 Å². The molecule has 2 amide bonds. The summed E-state index contributed by atoms with van der Waals surface area (Å²) in [6.45, 7) is 3.88. The maximum absolute atomic E-state index is 12.7. The number of halogens is 1. The van der Waals surface area contributed by atoms with Crippen LogP contribution in [0.15, 0.2) is 53.1 Å². The molecule has 4 aromatic rings. The van der Waals surface area contributed by atoms with Crippen molar-refractivity contribution in [3.05, 3.63) is 69.8 Å². The third-order valence-electron chi connectivity index (χ3n) is 7.18. The number of unbranched alkanes of at least 4 members (excludes halogenated alkanes) is 1. The fourth-order valence-electron chi connectivity index (χ4n) is 4.77. The molecule has 0 radical (unpaired) electrons. The summed E-state index contributed by atoms with van der Waals surface area (Å²) in [5.41, 5.74) is 3.00. The molecule has 1 saturated heterocycles. The van der Waals surface area contributed by atoms with Crippen molar-refractivity contribution in [2.24, 2.45) is 0 Å². The van der Waals surface area contributed by atoms with Gasteiger partial charge in [-0.3, -0.25) is 10.00 Å². The summed E-state index contributed by atoms with van der Waals surface area (Å²) in [4.78, 5) is 33.6.